The zero-order valence-corrected chi connectivity index (χ0v) is 11.5. The molecule has 2 fully saturated rings. The monoisotopic (exact) mass is 243 g/mol. The van der Waals surface area contributed by atoms with Crippen molar-refractivity contribution in [2.75, 3.05) is 38.3 Å². The van der Waals surface area contributed by atoms with E-state index in [2.05, 4.69) is 18.1 Å². The van der Waals surface area contributed by atoms with Crippen molar-refractivity contribution >= 4 is 11.8 Å². The van der Waals surface area contributed by atoms with Crippen LogP contribution in [0.5, 0.6) is 0 Å². The number of ether oxygens (including phenoxy) is 1. The van der Waals surface area contributed by atoms with Crippen LogP contribution in [0.25, 0.3) is 0 Å². The van der Waals surface area contributed by atoms with Crippen LogP contribution in [0.3, 0.4) is 0 Å². The number of hydrogen-bond acceptors (Lipinski definition) is 3. The predicted octanol–water partition coefficient (Wildman–Crippen LogP) is 2.63. The lowest BCUT2D eigenvalue weighted by Crippen LogP contribution is -2.60. The topological polar surface area (TPSA) is 12.5 Å². The van der Waals surface area contributed by atoms with Gasteiger partial charge in [0.2, 0.25) is 0 Å². The fourth-order valence-corrected chi connectivity index (χ4v) is 3.58. The Labute approximate surface area is 104 Å². The second-order valence-corrected chi connectivity index (χ2v) is 6.42. The van der Waals surface area contributed by atoms with Crippen molar-refractivity contribution in [2.24, 2.45) is 5.41 Å². The van der Waals surface area contributed by atoms with E-state index in [1.807, 2.05) is 11.8 Å². The average Bonchev–Trinajstić information content (AvgIpc) is 2.71. The average molecular weight is 243 g/mol. The molecule has 0 amide bonds. The van der Waals surface area contributed by atoms with Crippen LogP contribution in [0.2, 0.25) is 0 Å². The highest BCUT2D eigenvalue weighted by Gasteiger charge is 2.47. The first-order valence-corrected chi connectivity index (χ1v) is 8.00. The second-order valence-electron chi connectivity index (χ2n) is 5.43. The van der Waals surface area contributed by atoms with Crippen molar-refractivity contribution < 1.29 is 4.74 Å². The molecular weight excluding hydrogens is 218 g/mol. The van der Waals surface area contributed by atoms with Crippen molar-refractivity contribution in [3.05, 3.63) is 0 Å². The first kappa shape index (κ1) is 12.7. The van der Waals surface area contributed by atoms with Gasteiger partial charge in [-0.2, -0.15) is 11.8 Å². The summed E-state index contributed by atoms with van der Waals surface area (Å²) >= 11 is 1.98. The molecule has 1 atom stereocenters. The summed E-state index contributed by atoms with van der Waals surface area (Å²) in [5.74, 6) is 1.31. The fraction of sp³-hybridized carbons (Fsp3) is 1.00. The maximum absolute atomic E-state index is 5.54. The minimum absolute atomic E-state index is 0.561. The van der Waals surface area contributed by atoms with E-state index in [0.717, 1.165) is 19.3 Å². The minimum atomic E-state index is 0.561. The van der Waals surface area contributed by atoms with E-state index in [0.29, 0.717) is 5.41 Å². The van der Waals surface area contributed by atoms with Gasteiger partial charge in [-0.25, -0.2) is 0 Å². The van der Waals surface area contributed by atoms with Crippen LogP contribution >= 0.6 is 11.8 Å². The SMILES string of the molecule is CCCC(CCSC)N1CC2(CCOC2)C1. The normalized spacial score (nSPS) is 25.9. The van der Waals surface area contributed by atoms with Crippen LogP contribution in [0, 0.1) is 5.41 Å². The predicted molar refractivity (Wildman–Crippen MR) is 71.1 cm³/mol. The summed E-state index contributed by atoms with van der Waals surface area (Å²) in [5, 5.41) is 0. The third-order valence-electron chi connectivity index (χ3n) is 4.06. The lowest BCUT2D eigenvalue weighted by Gasteiger charge is -2.51. The lowest BCUT2D eigenvalue weighted by molar-refractivity contribution is -0.0384. The molecule has 0 radical (unpaired) electrons. The highest BCUT2D eigenvalue weighted by Crippen LogP contribution is 2.40. The van der Waals surface area contributed by atoms with Gasteiger partial charge in [-0.3, -0.25) is 4.90 Å². The zero-order valence-electron chi connectivity index (χ0n) is 10.7. The first-order chi connectivity index (χ1) is 7.79. The van der Waals surface area contributed by atoms with Gasteiger partial charge >= 0.3 is 0 Å². The molecule has 0 saturated carbocycles. The Morgan fingerprint density at radius 2 is 2.19 bits per heavy atom. The van der Waals surface area contributed by atoms with E-state index in [9.17, 15) is 0 Å². The van der Waals surface area contributed by atoms with Crippen molar-refractivity contribution in [3.8, 4) is 0 Å². The molecule has 2 rings (SSSR count). The summed E-state index contributed by atoms with van der Waals surface area (Å²) in [6.45, 7) is 6.92. The summed E-state index contributed by atoms with van der Waals surface area (Å²) in [4.78, 5) is 2.70. The standard InChI is InChI=1S/C13H25NOS/c1-3-4-12(5-8-16-2)14-9-13(10-14)6-7-15-11-13/h12H,3-11H2,1-2H3. The van der Waals surface area contributed by atoms with E-state index in [-0.39, 0.29) is 0 Å². The maximum Gasteiger partial charge on any atom is 0.0547 e. The van der Waals surface area contributed by atoms with E-state index in [1.54, 1.807) is 0 Å². The second kappa shape index (κ2) is 5.74. The summed E-state index contributed by atoms with van der Waals surface area (Å²) in [7, 11) is 0. The number of nitrogens with zero attached hydrogens (tertiary/aromatic N) is 1. The molecule has 3 heteroatoms. The minimum Gasteiger partial charge on any atom is -0.381 e. The Balaban J connectivity index is 1.77. The van der Waals surface area contributed by atoms with Crippen LogP contribution in [-0.2, 0) is 4.74 Å². The summed E-state index contributed by atoms with van der Waals surface area (Å²) < 4.78 is 5.54. The maximum atomic E-state index is 5.54. The molecule has 1 spiro atoms. The molecule has 2 saturated heterocycles. The number of rotatable bonds is 6. The fourth-order valence-electron chi connectivity index (χ4n) is 3.07. The first-order valence-electron chi connectivity index (χ1n) is 6.60. The molecule has 0 aliphatic carbocycles. The molecule has 2 aliphatic heterocycles. The Hall–Kier alpha value is 0.270. The van der Waals surface area contributed by atoms with E-state index in [4.69, 9.17) is 4.74 Å². The molecule has 0 bridgehead atoms. The Kier molecular flexibility index (Phi) is 4.57. The smallest absolute Gasteiger partial charge is 0.0547 e. The third-order valence-corrected chi connectivity index (χ3v) is 4.70. The molecule has 94 valence electrons. The molecule has 2 aliphatic rings. The van der Waals surface area contributed by atoms with Gasteiger partial charge in [-0.15, -0.1) is 0 Å². The van der Waals surface area contributed by atoms with Crippen LogP contribution in [0.1, 0.15) is 32.6 Å². The molecule has 16 heavy (non-hydrogen) atoms. The lowest BCUT2D eigenvalue weighted by atomic mass is 9.77. The van der Waals surface area contributed by atoms with Crippen LogP contribution in [0.15, 0.2) is 0 Å². The van der Waals surface area contributed by atoms with E-state index in [1.165, 1.54) is 44.5 Å². The number of hydrogen-bond donors (Lipinski definition) is 0. The van der Waals surface area contributed by atoms with Crippen LogP contribution in [0.4, 0.5) is 0 Å². The van der Waals surface area contributed by atoms with Gasteiger partial charge in [-0.1, -0.05) is 13.3 Å². The van der Waals surface area contributed by atoms with Crippen molar-refractivity contribution in [2.45, 2.75) is 38.6 Å². The molecule has 2 heterocycles. The molecule has 0 aromatic heterocycles. The number of thioether (sulfide) groups is 1. The summed E-state index contributed by atoms with van der Waals surface area (Å²) in [6, 6.07) is 0.837. The molecule has 2 nitrogen and oxygen atoms in total. The molecule has 0 N–H and O–H groups in total. The van der Waals surface area contributed by atoms with Gasteiger partial charge in [0, 0.05) is 31.2 Å². The molecule has 0 aromatic carbocycles. The zero-order chi connectivity index (χ0) is 11.4. The van der Waals surface area contributed by atoms with Crippen molar-refractivity contribution in [1.29, 1.82) is 0 Å². The highest BCUT2D eigenvalue weighted by molar-refractivity contribution is 7.98. The number of likely N-dealkylation sites (tertiary alicyclic amines) is 1. The largest absolute Gasteiger partial charge is 0.381 e. The van der Waals surface area contributed by atoms with Gasteiger partial charge in [0.05, 0.1) is 6.61 Å². The van der Waals surface area contributed by atoms with Gasteiger partial charge in [-0.05, 0) is 31.3 Å². The molecular formula is C13H25NOS. The van der Waals surface area contributed by atoms with Crippen LogP contribution < -0.4 is 0 Å². The summed E-state index contributed by atoms with van der Waals surface area (Å²) in [5.41, 5.74) is 0.561. The molecule has 0 aromatic rings. The Bertz CT molecular complexity index is 208. The third kappa shape index (κ3) is 2.74. The van der Waals surface area contributed by atoms with E-state index >= 15 is 0 Å². The van der Waals surface area contributed by atoms with Crippen molar-refractivity contribution in [3.63, 3.8) is 0 Å². The van der Waals surface area contributed by atoms with E-state index < -0.39 is 0 Å². The highest BCUT2D eigenvalue weighted by atomic mass is 32.2. The van der Waals surface area contributed by atoms with Gasteiger partial charge < -0.3 is 4.74 Å². The van der Waals surface area contributed by atoms with Gasteiger partial charge in [0.1, 0.15) is 0 Å². The van der Waals surface area contributed by atoms with Gasteiger partial charge in [0.25, 0.3) is 0 Å². The molecule has 1 unspecified atom stereocenters. The summed E-state index contributed by atoms with van der Waals surface area (Å²) in [6.07, 6.45) is 7.57. The Morgan fingerprint density at radius 1 is 1.38 bits per heavy atom. The Morgan fingerprint density at radius 3 is 2.75 bits per heavy atom. The van der Waals surface area contributed by atoms with Gasteiger partial charge in [0.15, 0.2) is 0 Å². The van der Waals surface area contributed by atoms with Crippen molar-refractivity contribution in [1.82, 2.24) is 4.90 Å². The quantitative estimate of drug-likeness (QED) is 0.711. The van der Waals surface area contributed by atoms with Crippen LogP contribution in [-0.4, -0.2) is 49.3 Å².